The number of aliphatic hydroxyl groups is 1. The quantitative estimate of drug-likeness (QED) is 0.620. The number of thioether (sulfide) groups is 1. The van der Waals surface area contributed by atoms with Gasteiger partial charge in [-0.15, -0.1) is 0 Å². The van der Waals surface area contributed by atoms with Crippen molar-refractivity contribution >= 4 is 11.8 Å². The van der Waals surface area contributed by atoms with E-state index in [1.165, 1.54) is 0 Å². The van der Waals surface area contributed by atoms with E-state index in [9.17, 15) is 0 Å². The zero-order chi connectivity index (χ0) is 9.23. The average molecular weight is 187 g/mol. The summed E-state index contributed by atoms with van der Waals surface area (Å²) in [7, 11) is 0. The molecule has 0 aromatic carbocycles. The van der Waals surface area contributed by atoms with Gasteiger partial charge in [-0.25, -0.2) is 0 Å². The SMILES string of the molecule is CC(CO)CSCCCCC#N. The van der Waals surface area contributed by atoms with Crippen LogP contribution in [0.3, 0.4) is 0 Å². The molecule has 0 saturated carbocycles. The lowest BCUT2D eigenvalue weighted by molar-refractivity contribution is 0.250. The van der Waals surface area contributed by atoms with Crippen molar-refractivity contribution in [2.45, 2.75) is 26.2 Å². The number of rotatable bonds is 7. The topological polar surface area (TPSA) is 44.0 Å². The van der Waals surface area contributed by atoms with E-state index in [0.29, 0.717) is 12.3 Å². The van der Waals surface area contributed by atoms with E-state index in [1.54, 1.807) is 0 Å². The highest BCUT2D eigenvalue weighted by molar-refractivity contribution is 7.99. The zero-order valence-electron chi connectivity index (χ0n) is 7.62. The summed E-state index contributed by atoms with van der Waals surface area (Å²) in [6.07, 6.45) is 2.81. The number of hydrogen-bond donors (Lipinski definition) is 1. The Morgan fingerprint density at radius 1 is 1.50 bits per heavy atom. The first-order chi connectivity index (χ1) is 5.81. The summed E-state index contributed by atoms with van der Waals surface area (Å²) in [5, 5.41) is 17.0. The Balaban J connectivity index is 2.96. The fourth-order valence-electron chi connectivity index (χ4n) is 0.745. The number of aliphatic hydroxyl groups excluding tert-OH is 1. The summed E-state index contributed by atoms with van der Waals surface area (Å²) in [4.78, 5) is 0. The maximum Gasteiger partial charge on any atom is 0.0621 e. The molecule has 0 amide bonds. The minimum Gasteiger partial charge on any atom is -0.396 e. The molecule has 1 N–H and O–H groups in total. The van der Waals surface area contributed by atoms with Crippen LogP contribution in [0, 0.1) is 17.2 Å². The fourth-order valence-corrected chi connectivity index (χ4v) is 1.83. The van der Waals surface area contributed by atoms with Crippen LogP contribution < -0.4 is 0 Å². The molecule has 0 aliphatic rings. The molecule has 70 valence electrons. The smallest absolute Gasteiger partial charge is 0.0621 e. The zero-order valence-corrected chi connectivity index (χ0v) is 8.44. The van der Waals surface area contributed by atoms with E-state index >= 15 is 0 Å². The standard InChI is InChI=1S/C9H17NOS/c1-9(7-11)8-12-6-4-2-3-5-10/h9,11H,2-4,6-8H2,1H3. The van der Waals surface area contributed by atoms with Crippen LogP contribution in [-0.2, 0) is 0 Å². The molecule has 12 heavy (non-hydrogen) atoms. The van der Waals surface area contributed by atoms with Crippen LogP contribution in [0.1, 0.15) is 26.2 Å². The predicted octanol–water partition coefficient (Wildman–Crippen LogP) is 2.04. The lowest BCUT2D eigenvalue weighted by Gasteiger charge is -2.05. The third kappa shape index (κ3) is 7.90. The molecule has 0 rings (SSSR count). The first-order valence-electron chi connectivity index (χ1n) is 4.36. The molecule has 0 aromatic rings. The van der Waals surface area contributed by atoms with Crippen molar-refractivity contribution in [3.63, 3.8) is 0 Å². The minimum atomic E-state index is 0.283. The molecule has 0 radical (unpaired) electrons. The second-order valence-electron chi connectivity index (χ2n) is 2.98. The van der Waals surface area contributed by atoms with Gasteiger partial charge in [-0.1, -0.05) is 6.92 Å². The summed E-state index contributed by atoms with van der Waals surface area (Å²) >= 11 is 1.87. The van der Waals surface area contributed by atoms with Gasteiger partial charge in [0.15, 0.2) is 0 Å². The summed E-state index contributed by atoms with van der Waals surface area (Å²) in [5.41, 5.74) is 0. The molecule has 0 aromatic heterocycles. The highest BCUT2D eigenvalue weighted by Gasteiger charge is 1.98. The Morgan fingerprint density at radius 3 is 2.83 bits per heavy atom. The maximum absolute atomic E-state index is 8.72. The molecule has 1 atom stereocenters. The molecule has 0 fully saturated rings. The van der Waals surface area contributed by atoms with Gasteiger partial charge in [0.1, 0.15) is 0 Å². The van der Waals surface area contributed by atoms with Crippen molar-refractivity contribution < 1.29 is 5.11 Å². The third-order valence-electron chi connectivity index (χ3n) is 1.54. The van der Waals surface area contributed by atoms with Crippen molar-refractivity contribution in [1.29, 1.82) is 5.26 Å². The largest absolute Gasteiger partial charge is 0.396 e. The van der Waals surface area contributed by atoms with Gasteiger partial charge in [0, 0.05) is 13.0 Å². The lowest BCUT2D eigenvalue weighted by Crippen LogP contribution is -2.03. The van der Waals surface area contributed by atoms with Gasteiger partial charge in [0.2, 0.25) is 0 Å². The van der Waals surface area contributed by atoms with E-state index in [1.807, 2.05) is 18.7 Å². The normalized spacial score (nSPS) is 12.4. The van der Waals surface area contributed by atoms with Crippen molar-refractivity contribution in [2.24, 2.45) is 5.92 Å². The Hall–Kier alpha value is -0.200. The molecular formula is C9H17NOS. The van der Waals surface area contributed by atoms with Gasteiger partial charge in [-0.05, 0) is 30.3 Å². The van der Waals surface area contributed by atoms with Crippen LogP contribution in [0.5, 0.6) is 0 Å². The van der Waals surface area contributed by atoms with Gasteiger partial charge >= 0.3 is 0 Å². The van der Waals surface area contributed by atoms with Gasteiger partial charge in [-0.3, -0.25) is 0 Å². The van der Waals surface area contributed by atoms with Crippen LogP contribution in [0.4, 0.5) is 0 Å². The molecular weight excluding hydrogens is 170 g/mol. The molecule has 0 aliphatic carbocycles. The predicted molar refractivity (Wildman–Crippen MR) is 53.0 cm³/mol. The van der Waals surface area contributed by atoms with Crippen LogP contribution in [0.25, 0.3) is 0 Å². The third-order valence-corrected chi connectivity index (χ3v) is 2.92. The van der Waals surface area contributed by atoms with E-state index in [4.69, 9.17) is 10.4 Å². The molecule has 1 unspecified atom stereocenters. The fraction of sp³-hybridized carbons (Fsp3) is 0.889. The Bertz CT molecular complexity index is 133. The summed E-state index contributed by atoms with van der Waals surface area (Å²) in [6.45, 7) is 2.33. The Labute approximate surface area is 79.0 Å². The van der Waals surface area contributed by atoms with Gasteiger partial charge < -0.3 is 5.11 Å². The van der Waals surface area contributed by atoms with Crippen LogP contribution in [-0.4, -0.2) is 23.2 Å². The first kappa shape index (κ1) is 11.8. The molecule has 3 heteroatoms. The number of hydrogen-bond acceptors (Lipinski definition) is 3. The summed E-state index contributed by atoms with van der Waals surface area (Å²) < 4.78 is 0. The van der Waals surface area contributed by atoms with Crippen LogP contribution in [0.15, 0.2) is 0 Å². The minimum absolute atomic E-state index is 0.283. The maximum atomic E-state index is 8.72. The van der Waals surface area contributed by atoms with Crippen LogP contribution >= 0.6 is 11.8 Å². The highest BCUT2D eigenvalue weighted by atomic mass is 32.2. The summed E-state index contributed by atoms with van der Waals surface area (Å²) in [6, 6.07) is 2.13. The van der Waals surface area contributed by atoms with Crippen molar-refractivity contribution in [3.05, 3.63) is 0 Å². The monoisotopic (exact) mass is 187 g/mol. The van der Waals surface area contributed by atoms with Crippen molar-refractivity contribution in [3.8, 4) is 6.07 Å². The van der Waals surface area contributed by atoms with Crippen molar-refractivity contribution in [1.82, 2.24) is 0 Å². The molecule has 2 nitrogen and oxygen atoms in total. The molecule has 0 aliphatic heterocycles. The van der Waals surface area contributed by atoms with E-state index in [-0.39, 0.29) is 6.61 Å². The summed E-state index contributed by atoms with van der Waals surface area (Å²) in [5.74, 6) is 2.56. The second kappa shape index (κ2) is 8.89. The molecule has 0 heterocycles. The second-order valence-corrected chi connectivity index (χ2v) is 4.13. The van der Waals surface area contributed by atoms with E-state index in [2.05, 4.69) is 6.07 Å². The van der Waals surface area contributed by atoms with E-state index in [0.717, 1.165) is 24.3 Å². The molecule has 0 spiro atoms. The Kier molecular flexibility index (Phi) is 8.74. The highest BCUT2D eigenvalue weighted by Crippen LogP contribution is 2.10. The molecule has 0 bridgehead atoms. The number of nitriles is 1. The molecule has 0 saturated heterocycles. The van der Waals surface area contributed by atoms with E-state index < -0.39 is 0 Å². The van der Waals surface area contributed by atoms with Gasteiger partial charge in [-0.2, -0.15) is 17.0 Å². The number of nitrogens with zero attached hydrogens (tertiary/aromatic N) is 1. The van der Waals surface area contributed by atoms with Gasteiger partial charge in [0.25, 0.3) is 0 Å². The van der Waals surface area contributed by atoms with Crippen molar-refractivity contribution in [2.75, 3.05) is 18.1 Å². The van der Waals surface area contributed by atoms with Crippen LogP contribution in [0.2, 0.25) is 0 Å². The van der Waals surface area contributed by atoms with Gasteiger partial charge in [0.05, 0.1) is 6.07 Å². The average Bonchev–Trinajstić information content (AvgIpc) is 2.10. The number of unbranched alkanes of at least 4 members (excludes halogenated alkanes) is 2. The lowest BCUT2D eigenvalue weighted by atomic mass is 10.2. The Morgan fingerprint density at radius 2 is 2.25 bits per heavy atom. The first-order valence-corrected chi connectivity index (χ1v) is 5.52.